The number of halogens is 1. The van der Waals surface area contributed by atoms with Crippen LogP contribution in [0.3, 0.4) is 0 Å². The number of piperazine rings is 1. The van der Waals surface area contributed by atoms with Gasteiger partial charge in [-0.1, -0.05) is 12.1 Å². The van der Waals surface area contributed by atoms with Gasteiger partial charge >= 0.3 is 0 Å². The van der Waals surface area contributed by atoms with Gasteiger partial charge in [-0.3, -0.25) is 0 Å². The summed E-state index contributed by atoms with van der Waals surface area (Å²) >= 11 is 0. The second kappa shape index (κ2) is 8.86. The van der Waals surface area contributed by atoms with E-state index >= 15 is 0 Å². The molecule has 0 unspecified atom stereocenters. The number of hydrogen-bond donors (Lipinski definition) is 2. The lowest BCUT2D eigenvalue weighted by Gasteiger charge is -2.37. The predicted molar refractivity (Wildman–Crippen MR) is 118 cm³/mol. The minimum Gasteiger partial charge on any atom is -0.492 e. The second-order valence-corrected chi connectivity index (χ2v) is 6.96. The van der Waals surface area contributed by atoms with Crippen LogP contribution in [0, 0.1) is 5.82 Å². The number of ether oxygens (including phenoxy) is 1. The summed E-state index contributed by atoms with van der Waals surface area (Å²) in [7, 11) is 0. The zero-order chi connectivity index (χ0) is 20.9. The largest absolute Gasteiger partial charge is 0.492 e. The number of hydrogen-bond acceptors (Lipinski definition) is 7. The third kappa shape index (κ3) is 4.22. The minimum absolute atomic E-state index is 0.225. The zero-order valence-corrected chi connectivity index (χ0v) is 16.9. The number of nitrogens with two attached hydrogens (primary N) is 1. The molecule has 0 spiro atoms. The summed E-state index contributed by atoms with van der Waals surface area (Å²) in [5.74, 6) is 1.78. The molecule has 8 heteroatoms. The van der Waals surface area contributed by atoms with Crippen molar-refractivity contribution >= 4 is 28.7 Å². The highest BCUT2D eigenvalue weighted by molar-refractivity contribution is 5.79. The van der Waals surface area contributed by atoms with Gasteiger partial charge in [-0.25, -0.2) is 14.4 Å². The number of para-hydroxylation sites is 2. The Labute approximate surface area is 175 Å². The monoisotopic (exact) mass is 408 g/mol. The minimum atomic E-state index is -0.225. The fourth-order valence-corrected chi connectivity index (χ4v) is 3.55. The molecule has 1 aliphatic rings. The predicted octanol–water partition coefficient (Wildman–Crippen LogP) is 3.67. The van der Waals surface area contributed by atoms with E-state index in [1.807, 2.05) is 43.3 Å². The van der Waals surface area contributed by atoms with Gasteiger partial charge in [0, 0.05) is 31.9 Å². The van der Waals surface area contributed by atoms with Crippen LogP contribution in [-0.2, 0) is 0 Å². The molecule has 1 aliphatic heterocycles. The van der Waals surface area contributed by atoms with Crippen LogP contribution in [-0.4, -0.2) is 42.8 Å². The molecule has 4 rings (SSSR count). The van der Waals surface area contributed by atoms with Crippen LogP contribution >= 0.6 is 0 Å². The molecular formula is C22H25FN6O. The average Bonchev–Trinajstić information content (AvgIpc) is 2.77. The first-order chi connectivity index (χ1) is 14.7. The van der Waals surface area contributed by atoms with Crippen molar-refractivity contribution in [3.63, 3.8) is 0 Å². The number of rotatable bonds is 6. The first-order valence-corrected chi connectivity index (χ1v) is 10.0. The maximum Gasteiger partial charge on any atom is 0.159 e. The van der Waals surface area contributed by atoms with Crippen molar-refractivity contribution in [2.75, 3.05) is 53.6 Å². The van der Waals surface area contributed by atoms with E-state index in [0.29, 0.717) is 23.9 Å². The lowest BCUT2D eigenvalue weighted by molar-refractivity contribution is 0.342. The molecule has 0 amide bonds. The summed E-state index contributed by atoms with van der Waals surface area (Å²) < 4.78 is 18.8. The third-order valence-corrected chi connectivity index (χ3v) is 5.07. The number of benzene rings is 2. The Kier molecular flexibility index (Phi) is 5.83. The van der Waals surface area contributed by atoms with Crippen molar-refractivity contribution in [2.24, 2.45) is 0 Å². The number of aromatic nitrogens is 2. The molecule has 0 radical (unpaired) electrons. The van der Waals surface area contributed by atoms with Crippen LogP contribution in [0.5, 0.6) is 5.75 Å². The van der Waals surface area contributed by atoms with Crippen LogP contribution in [0.25, 0.3) is 0 Å². The molecule has 0 aliphatic carbocycles. The molecule has 1 fully saturated rings. The van der Waals surface area contributed by atoms with E-state index < -0.39 is 0 Å². The lowest BCUT2D eigenvalue weighted by atomic mass is 10.2. The summed E-state index contributed by atoms with van der Waals surface area (Å²) in [6.07, 6.45) is 1.52. The fraction of sp³-hybridized carbons (Fsp3) is 0.273. The van der Waals surface area contributed by atoms with Crippen LogP contribution in [0.4, 0.5) is 33.1 Å². The standard InChI is InChI=1S/C22H25FN6O/c1-2-30-19-6-4-3-5-18(19)27-21-20(24)22(26-15-25-21)29-13-11-28(12-14-29)17-9-7-16(23)8-10-17/h3-10,15H,2,11-14,24H2,1H3,(H,25,26,27). The van der Waals surface area contributed by atoms with Crippen molar-refractivity contribution in [1.82, 2.24) is 9.97 Å². The van der Waals surface area contributed by atoms with Gasteiger partial charge in [-0.05, 0) is 43.3 Å². The Morgan fingerprint density at radius 1 is 1.00 bits per heavy atom. The SMILES string of the molecule is CCOc1ccccc1Nc1ncnc(N2CCN(c3ccc(F)cc3)CC2)c1N. The topological polar surface area (TPSA) is 79.5 Å². The number of anilines is 5. The highest BCUT2D eigenvalue weighted by Gasteiger charge is 2.22. The van der Waals surface area contributed by atoms with E-state index in [1.54, 1.807) is 0 Å². The highest BCUT2D eigenvalue weighted by Crippen LogP contribution is 2.33. The molecule has 1 aromatic heterocycles. The molecule has 0 bridgehead atoms. The van der Waals surface area contributed by atoms with E-state index in [0.717, 1.165) is 43.3 Å². The van der Waals surface area contributed by atoms with Crippen LogP contribution in [0.15, 0.2) is 54.9 Å². The van der Waals surface area contributed by atoms with E-state index in [1.165, 1.54) is 18.5 Å². The van der Waals surface area contributed by atoms with Gasteiger partial charge < -0.3 is 25.6 Å². The zero-order valence-electron chi connectivity index (χ0n) is 16.9. The Morgan fingerprint density at radius 2 is 1.70 bits per heavy atom. The van der Waals surface area contributed by atoms with Gasteiger partial charge in [0.2, 0.25) is 0 Å². The van der Waals surface area contributed by atoms with Crippen LogP contribution in [0.1, 0.15) is 6.92 Å². The molecule has 156 valence electrons. The van der Waals surface area contributed by atoms with E-state index in [9.17, 15) is 4.39 Å². The molecule has 3 aromatic rings. The normalized spacial score (nSPS) is 13.9. The lowest BCUT2D eigenvalue weighted by Crippen LogP contribution is -2.47. The Hall–Kier alpha value is -3.55. The van der Waals surface area contributed by atoms with Gasteiger partial charge in [0.25, 0.3) is 0 Å². The van der Waals surface area contributed by atoms with E-state index in [4.69, 9.17) is 10.5 Å². The van der Waals surface area contributed by atoms with Gasteiger partial charge in [-0.2, -0.15) is 0 Å². The molecular weight excluding hydrogens is 383 g/mol. The molecule has 2 aromatic carbocycles. The quantitative estimate of drug-likeness (QED) is 0.644. The number of nitrogen functional groups attached to an aromatic ring is 1. The summed E-state index contributed by atoms with van der Waals surface area (Å²) in [5, 5.41) is 3.27. The van der Waals surface area contributed by atoms with Gasteiger partial charge in [0.05, 0.1) is 12.3 Å². The van der Waals surface area contributed by atoms with Crippen molar-refractivity contribution in [2.45, 2.75) is 6.92 Å². The van der Waals surface area contributed by atoms with E-state index in [2.05, 4.69) is 25.1 Å². The first kappa shape index (κ1) is 19.8. The smallest absolute Gasteiger partial charge is 0.159 e. The Morgan fingerprint density at radius 3 is 2.43 bits per heavy atom. The molecule has 7 nitrogen and oxygen atoms in total. The summed E-state index contributed by atoms with van der Waals surface area (Å²) in [5.41, 5.74) is 8.74. The van der Waals surface area contributed by atoms with Crippen LogP contribution < -0.4 is 25.6 Å². The van der Waals surface area contributed by atoms with Crippen LogP contribution in [0.2, 0.25) is 0 Å². The summed E-state index contributed by atoms with van der Waals surface area (Å²) in [6.45, 7) is 5.62. The Bertz CT molecular complexity index is 989. The number of nitrogens with one attached hydrogen (secondary N) is 1. The van der Waals surface area contributed by atoms with Crippen molar-refractivity contribution in [3.8, 4) is 5.75 Å². The molecule has 0 atom stereocenters. The highest BCUT2D eigenvalue weighted by atomic mass is 19.1. The molecule has 1 saturated heterocycles. The van der Waals surface area contributed by atoms with Crippen molar-refractivity contribution < 1.29 is 9.13 Å². The third-order valence-electron chi connectivity index (χ3n) is 5.07. The van der Waals surface area contributed by atoms with Crippen molar-refractivity contribution in [1.29, 1.82) is 0 Å². The Balaban J connectivity index is 1.48. The maximum absolute atomic E-state index is 13.2. The molecule has 2 heterocycles. The molecule has 3 N–H and O–H groups in total. The van der Waals surface area contributed by atoms with Crippen molar-refractivity contribution in [3.05, 3.63) is 60.7 Å². The first-order valence-electron chi connectivity index (χ1n) is 10.0. The second-order valence-electron chi connectivity index (χ2n) is 6.96. The van der Waals surface area contributed by atoms with Gasteiger partial charge in [-0.15, -0.1) is 0 Å². The fourth-order valence-electron chi connectivity index (χ4n) is 3.55. The summed E-state index contributed by atoms with van der Waals surface area (Å²) in [6, 6.07) is 14.3. The van der Waals surface area contributed by atoms with Gasteiger partial charge in [0.15, 0.2) is 11.6 Å². The maximum atomic E-state index is 13.2. The number of nitrogens with zero attached hydrogens (tertiary/aromatic N) is 4. The summed E-state index contributed by atoms with van der Waals surface area (Å²) in [4.78, 5) is 13.1. The molecule has 0 saturated carbocycles. The van der Waals surface area contributed by atoms with Gasteiger partial charge in [0.1, 0.15) is 23.6 Å². The average molecular weight is 408 g/mol. The van der Waals surface area contributed by atoms with E-state index in [-0.39, 0.29) is 5.82 Å². The molecule has 30 heavy (non-hydrogen) atoms.